The maximum absolute atomic E-state index is 13.0. The van der Waals surface area contributed by atoms with Gasteiger partial charge in [0.25, 0.3) is 0 Å². The molecule has 1 saturated carbocycles. The van der Waals surface area contributed by atoms with Crippen molar-refractivity contribution in [1.29, 1.82) is 0 Å². The fraction of sp³-hybridized carbons (Fsp3) is 0.667. The molecular formula is C24H35FO4. The molecule has 1 aliphatic rings. The molecule has 1 aromatic carbocycles. The zero-order valence-corrected chi connectivity index (χ0v) is 18.0. The summed E-state index contributed by atoms with van der Waals surface area (Å²) >= 11 is 0. The highest BCUT2D eigenvalue weighted by Crippen LogP contribution is 2.33. The van der Waals surface area contributed by atoms with E-state index in [-0.39, 0.29) is 18.3 Å². The van der Waals surface area contributed by atoms with Crippen molar-refractivity contribution in [2.45, 2.75) is 90.8 Å². The second-order valence-electron chi connectivity index (χ2n) is 8.39. The van der Waals surface area contributed by atoms with E-state index in [1.165, 1.54) is 32.6 Å². The van der Waals surface area contributed by atoms with E-state index in [2.05, 4.69) is 6.92 Å². The molecule has 1 aliphatic carbocycles. The molecule has 29 heavy (non-hydrogen) atoms. The van der Waals surface area contributed by atoms with Gasteiger partial charge >= 0.3 is 11.9 Å². The van der Waals surface area contributed by atoms with Gasteiger partial charge in [-0.3, -0.25) is 4.79 Å². The van der Waals surface area contributed by atoms with E-state index < -0.39 is 18.2 Å². The number of carbonyl (C=O) groups is 2. The number of hydrogen-bond acceptors (Lipinski definition) is 4. The smallest absolute Gasteiger partial charge is 0.338 e. The van der Waals surface area contributed by atoms with Crippen molar-refractivity contribution < 1.29 is 23.5 Å². The number of carbonyl (C=O) groups excluding carboxylic acids is 2. The minimum Gasteiger partial charge on any atom is -0.459 e. The molecule has 0 aromatic heterocycles. The predicted octanol–water partition coefficient (Wildman–Crippen LogP) is 6.27. The molecule has 162 valence electrons. The molecule has 0 saturated heterocycles. The number of unbranched alkanes of at least 4 members (excludes halogenated alkanes) is 2. The van der Waals surface area contributed by atoms with Gasteiger partial charge in [-0.05, 0) is 69.7 Å². The van der Waals surface area contributed by atoms with E-state index in [9.17, 15) is 14.0 Å². The number of ether oxygens (including phenoxy) is 2. The second kappa shape index (κ2) is 11.9. The molecule has 1 fully saturated rings. The summed E-state index contributed by atoms with van der Waals surface area (Å²) in [6.07, 6.45) is 7.75. The average molecular weight is 407 g/mol. The van der Waals surface area contributed by atoms with Gasteiger partial charge in [-0.15, -0.1) is 0 Å². The van der Waals surface area contributed by atoms with Crippen molar-refractivity contribution in [1.82, 2.24) is 0 Å². The molecule has 2 unspecified atom stereocenters. The van der Waals surface area contributed by atoms with Crippen LogP contribution in [0.25, 0.3) is 0 Å². The molecule has 0 heterocycles. The largest absolute Gasteiger partial charge is 0.459 e. The second-order valence-corrected chi connectivity index (χ2v) is 8.39. The summed E-state index contributed by atoms with van der Waals surface area (Å²) in [6.45, 7) is 5.32. The van der Waals surface area contributed by atoms with Crippen LogP contribution in [-0.4, -0.2) is 24.2 Å². The highest BCUT2D eigenvalue weighted by Gasteiger charge is 2.27. The Morgan fingerprint density at radius 2 is 1.72 bits per heavy atom. The third-order valence-electron chi connectivity index (χ3n) is 5.67. The van der Waals surface area contributed by atoms with E-state index >= 15 is 0 Å². The Bertz CT molecular complexity index is 633. The van der Waals surface area contributed by atoms with Crippen LogP contribution in [-0.2, 0) is 9.53 Å². The van der Waals surface area contributed by atoms with Crippen molar-refractivity contribution in [3.05, 3.63) is 29.8 Å². The van der Waals surface area contributed by atoms with Gasteiger partial charge in [0, 0.05) is 6.42 Å². The first-order chi connectivity index (χ1) is 13.9. The van der Waals surface area contributed by atoms with E-state index in [4.69, 9.17) is 9.47 Å². The minimum absolute atomic E-state index is 0.0365. The van der Waals surface area contributed by atoms with E-state index in [1.54, 1.807) is 31.2 Å². The van der Waals surface area contributed by atoms with Crippen molar-refractivity contribution in [3.8, 4) is 5.75 Å². The number of benzene rings is 1. The van der Waals surface area contributed by atoms with Gasteiger partial charge in [-0.2, -0.15) is 0 Å². The molecule has 0 N–H and O–H groups in total. The van der Waals surface area contributed by atoms with Crippen LogP contribution in [0.1, 0.15) is 88.9 Å². The maximum Gasteiger partial charge on any atom is 0.338 e. The lowest BCUT2D eigenvalue weighted by Gasteiger charge is -2.27. The van der Waals surface area contributed by atoms with Crippen LogP contribution in [0.2, 0.25) is 0 Å². The van der Waals surface area contributed by atoms with Gasteiger partial charge in [0.1, 0.15) is 18.0 Å². The summed E-state index contributed by atoms with van der Waals surface area (Å²) in [5.74, 6) is 0.460. The highest BCUT2D eigenvalue weighted by atomic mass is 19.1. The Balaban J connectivity index is 1.78. The zero-order chi connectivity index (χ0) is 21.2. The third-order valence-corrected chi connectivity index (χ3v) is 5.67. The molecule has 2 rings (SSSR count). The van der Waals surface area contributed by atoms with Crippen molar-refractivity contribution in [2.24, 2.45) is 11.8 Å². The SMILES string of the molecule is CCCCCC1CCC(C(=O)Oc2ccc(C(=O)OC(C)CC(C)F)cc2)CC1. The Morgan fingerprint density at radius 1 is 1.07 bits per heavy atom. The average Bonchev–Trinajstić information content (AvgIpc) is 2.68. The van der Waals surface area contributed by atoms with Gasteiger partial charge < -0.3 is 9.47 Å². The van der Waals surface area contributed by atoms with E-state index in [1.807, 2.05) is 0 Å². The molecule has 5 heteroatoms. The molecule has 4 nitrogen and oxygen atoms in total. The number of hydrogen-bond donors (Lipinski definition) is 0. The van der Waals surface area contributed by atoms with Crippen molar-refractivity contribution in [2.75, 3.05) is 0 Å². The lowest BCUT2D eigenvalue weighted by molar-refractivity contribution is -0.140. The van der Waals surface area contributed by atoms with Crippen LogP contribution in [0.5, 0.6) is 5.75 Å². The molecule has 0 amide bonds. The molecule has 0 aliphatic heterocycles. The molecule has 1 aromatic rings. The fourth-order valence-corrected chi connectivity index (χ4v) is 3.98. The highest BCUT2D eigenvalue weighted by molar-refractivity contribution is 5.89. The first kappa shape index (κ1) is 23.4. The summed E-state index contributed by atoms with van der Waals surface area (Å²) in [4.78, 5) is 24.5. The van der Waals surface area contributed by atoms with Gasteiger partial charge in [-0.1, -0.05) is 32.6 Å². The number of alkyl halides is 1. The normalized spacial score (nSPS) is 21.2. The van der Waals surface area contributed by atoms with Crippen molar-refractivity contribution in [3.63, 3.8) is 0 Å². The van der Waals surface area contributed by atoms with Crippen LogP contribution in [0.4, 0.5) is 4.39 Å². The third kappa shape index (κ3) is 8.15. The zero-order valence-electron chi connectivity index (χ0n) is 18.0. The number of esters is 2. The summed E-state index contributed by atoms with van der Waals surface area (Å²) in [6, 6.07) is 6.35. The number of rotatable bonds is 10. The molecule has 0 bridgehead atoms. The standard InChI is InChI=1S/C24H35FO4/c1-4-5-6-7-19-8-10-20(11-9-19)24(27)29-22-14-12-21(13-15-22)23(26)28-18(3)16-17(2)25/h12-15,17-20H,4-11,16H2,1-3H3. The monoisotopic (exact) mass is 406 g/mol. The topological polar surface area (TPSA) is 52.6 Å². The van der Waals surface area contributed by atoms with Crippen LogP contribution in [0.3, 0.4) is 0 Å². The quantitative estimate of drug-likeness (QED) is 0.261. The van der Waals surface area contributed by atoms with Crippen LogP contribution in [0, 0.1) is 11.8 Å². The molecule has 0 radical (unpaired) electrons. The lowest BCUT2D eigenvalue weighted by atomic mass is 9.80. The van der Waals surface area contributed by atoms with Gasteiger partial charge in [0.15, 0.2) is 0 Å². The maximum atomic E-state index is 13.0. The predicted molar refractivity (Wildman–Crippen MR) is 112 cm³/mol. The summed E-state index contributed by atoms with van der Waals surface area (Å²) in [5, 5.41) is 0. The van der Waals surface area contributed by atoms with Crippen molar-refractivity contribution >= 4 is 11.9 Å². The van der Waals surface area contributed by atoms with Crippen LogP contribution >= 0.6 is 0 Å². The summed E-state index contributed by atoms with van der Waals surface area (Å²) in [5.41, 5.74) is 0.357. The van der Waals surface area contributed by atoms with Crippen LogP contribution in [0.15, 0.2) is 24.3 Å². The van der Waals surface area contributed by atoms with Gasteiger partial charge in [0.05, 0.1) is 11.5 Å². The van der Waals surface area contributed by atoms with E-state index in [0.717, 1.165) is 31.6 Å². The summed E-state index contributed by atoms with van der Waals surface area (Å²) in [7, 11) is 0. The first-order valence-corrected chi connectivity index (χ1v) is 11.1. The molecule has 2 atom stereocenters. The van der Waals surface area contributed by atoms with E-state index in [0.29, 0.717) is 11.3 Å². The molecule has 0 spiro atoms. The Labute approximate surface area is 174 Å². The Kier molecular flexibility index (Phi) is 9.62. The fourth-order valence-electron chi connectivity index (χ4n) is 3.98. The lowest BCUT2D eigenvalue weighted by Crippen LogP contribution is -2.25. The minimum atomic E-state index is -1.02. The van der Waals surface area contributed by atoms with Crippen LogP contribution < -0.4 is 4.74 Å². The number of halogens is 1. The molecular weight excluding hydrogens is 371 g/mol. The van der Waals surface area contributed by atoms with Gasteiger partial charge in [-0.25, -0.2) is 9.18 Å². The Morgan fingerprint density at radius 3 is 2.31 bits per heavy atom. The first-order valence-electron chi connectivity index (χ1n) is 11.1. The summed E-state index contributed by atoms with van der Waals surface area (Å²) < 4.78 is 23.7. The Hall–Kier alpha value is -1.91. The van der Waals surface area contributed by atoms with Gasteiger partial charge in [0.2, 0.25) is 0 Å².